The molecule has 0 bridgehead atoms. The fraction of sp³-hybridized carbons (Fsp3) is 0.457. The number of aromatic nitrogens is 2. The number of carbonyl (C=O) groups excluding carboxylic acids is 3. The van der Waals surface area contributed by atoms with E-state index in [9.17, 15) is 18.8 Å². The first-order chi connectivity index (χ1) is 23.9. The van der Waals surface area contributed by atoms with Gasteiger partial charge in [0.2, 0.25) is 5.82 Å². The van der Waals surface area contributed by atoms with Crippen LogP contribution in [0.3, 0.4) is 0 Å². The third-order valence-corrected chi connectivity index (χ3v) is 7.73. The maximum atomic E-state index is 14.5. The van der Waals surface area contributed by atoms with Crippen LogP contribution in [0.15, 0.2) is 42.5 Å². The molecule has 51 heavy (non-hydrogen) atoms. The highest BCUT2D eigenvalue weighted by Gasteiger charge is 2.37. The summed E-state index contributed by atoms with van der Waals surface area (Å²) in [6.45, 7) is 15.5. The van der Waals surface area contributed by atoms with Gasteiger partial charge in [-0.15, -0.1) is 10.2 Å². The van der Waals surface area contributed by atoms with E-state index in [1.807, 2.05) is 0 Å². The van der Waals surface area contributed by atoms with Gasteiger partial charge in [0.05, 0.1) is 18.2 Å². The Morgan fingerprint density at radius 1 is 0.961 bits per heavy atom. The lowest BCUT2D eigenvalue weighted by Gasteiger charge is -2.29. The molecule has 0 spiro atoms. The van der Waals surface area contributed by atoms with Crippen molar-refractivity contribution in [3.8, 4) is 11.5 Å². The van der Waals surface area contributed by atoms with Crippen LogP contribution >= 0.6 is 23.2 Å². The molecule has 0 saturated carbocycles. The zero-order chi connectivity index (χ0) is 37.5. The van der Waals surface area contributed by atoms with E-state index in [1.54, 1.807) is 65.8 Å². The number of morpholine rings is 1. The fourth-order valence-corrected chi connectivity index (χ4v) is 5.37. The average Bonchev–Trinajstić information content (AvgIpc) is 3.03. The maximum absolute atomic E-state index is 14.5. The van der Waals surface area contributed by atoms with E-state index in [0.29, 0.717) is 36.2 Å². The molecule has 1 fully saturated rings. The van der Waals surface area contributed by atoms with E-state index in [2.05, 4.69) is 20.4 Å². The number of benzene rings is 2. The maximum Gasteiger partial charge on any atom is 0.425 e. The number of nitrogens with one attached hydrogen (secondary N) is 1. The quantitative estimate of drug-likeness (QED) is 0.204. The minimum absolute atomic E-state index is 0.0698. The van der Waals surface area contributed by atoms with Gasteiger partial charge < -0.3 is 29.0 Å². The van der Waals surface area contributed by atoms with Crippen LogP contribution in [-0.2, 0) is 14.2 Å². The summed E-state index contributed by atoms with van der Waals surface area (Å²) in [6.07, 6.45) is -3.40. The number of halogens is 3. The molecule has 4 rings (SSSR count). The standard InChI is InChI=1S/C35H42Cl2FN5O8/c1-21(28-24(36)12-13-25(38)29(28)37)49-27-20-26(40-41-30(27)43(32(45)50-34(2,3)4)33(46)51-35(5,6)7)31(44)39-22-8-10-23(11-9-22)48-19-16-42-14-17-47-18-15-42/h8-13,20-21H,14-19H2,1-7H3,(H,39,44). The van der Waals surface area contributed by atoms with Gasteiger partial charge in [-0.25, -0.2) is 14.0 Å². The summed E-state index contributed by atoms with van der Waals surface area (Å²) in [7, 11) is 0. The third-order valence-electron chi connectivity index (χ3n) is 7.02. The van der Waals surface area contributed by atoms with E-state index in [-0.39, 0.29) is 27.1 Å². The van der Waals surface area contributed by atoms with Crippen molar-refractivity contribution in [2.24, 2.45) is 0 Å². The zero-order valence-electron chi connectivity index (χ0n) is 29.6. The van der Waals surface area contributed by atoms with Gasteiger partial charge in [0, 0.05) is 42.0 Å². The van der Waals surface area contributed by atoms with Gasteiger partial charge in [0.1, 0.15) is 35.5 Å². The van der Waals surface area contributed by atoms with Crippen LogP contribution in [0.1, 0.15) is 70.6 Å². The number of amides is 3. The number of ether oxygens (including phenoxy) is 5. The summed E-state index contributed by atoms with van der Waals surface area (Å²) >= 11 is 12.6. The largest absolute Gasteiger partial charge is 0.492 e. The highest BCUT2D eigenvalue weighted by Crippen LogP contribution is 2.38. The van der Waals surface area contributed by atoms with Gasteiger partial charge in [0.25, 0.3) is 5.91 Å². The van der Waals surface area contributed by atoms with Gasteiger partial charge in [-0.05, 0) is 84.9 Å². The second kappa shape index (κ2) is 16.9. The Balaban J connectivity index is 1.64. The van der Waals surface area contributed by atoms with Crippen LogP contribution in [0.2, 0.25) is 10.0 Å². The smallest absolute Gasteiger partial charge is 0.425 e. The van der Waals surface area contributed by atoms with Crippen LogP contribution < -0.4 is 19.7 Å². The van der Waals surface area contributed by atoms with Crippen molar-refractivity contribution < 1.29 is 42.5 Å². The molecule has 1 saturated heterocycles. The highest BCUT2D eigenvalue weighted by atomic mass is 35.5. The number of rotatable bonds is 10. The van der Waals surface area contributed by atoms with Crippen LogP contribution in [0.25, 0.3) is 0 Å². The van der Waals surface area contributed by atoms with Crippen molar-refractivity contribution in [1.29, 1.82) is 0 Å². The second-order valence-corrected chi connectivity index (χ2v) is 14.3. The van der Waals surface area contributed by atoms with Crippen molar-refractivity contribution in [2.75, 3.05) is 49.7 Å². The first-order valence-electron chi connectivity index (χ1n) is 16.2. The first-order valence-corrected chi connectivity index (χ1v) is 17.0. The SMILES string of the molecule is CC(Oc1cc(C(=O)Nc2ccc(OCCN3CCOCC3)cc2)nnc1N(C(=O)OC(C)(C)C)C(=O)OC(C)(C)C)c1c(Cl)ccc(F)c1Cl. The molecule has 1 atom stereocenters. The van der Waals surface area contributed by atoms with Gasteiger partial charge in [-0.1, -0.05) is 23.2 Å². The average molecular weight is 751 g/mol. The predicted molar refractivity (Wildman–Crippen MR) is 190 cm³/mol. The molecule has 1 aromatic heterocycles. The summed E-state index contributed by atoms with van der Waals surface area (Å²) < 4.78 is 42.8. The first kappa shape index (κ1) is 39.5. The molecule has 1 aliphatic rings. The van der Waals surface area contributed by atoms with Crippen molar-refractivity contribution in [3.63, 3.8) is 0 Å². The van der Waals surface area contributed by atoms with Crippen molar-refractivity contribution >= 4 is 52.8 Å². The number of hydrogen-bond acceptors (Lipinski definition) is 11. The number of anilines is 2. The van der Waals surface area contributed by atoms with Gasteiger partial charge >= 0.3 is 12.2 Å². The molecular weight excluding hydrogens is 708 g/mol. The van der Waals surface area contributed by atoms with Crippen molar-refractivity contribution in [2.45, 2.75) is 65.8 Å². The van der Waals surface area contributed by atoms with E-state index in [4.69, 9.17) is 46.9 Å². The topological polar surface area (TPSA) is 142 Å². The summed E-state index contributed by atoms with van der Waals surface area (Å²) in [5.41, 5.74) is -1.84. The van der Waals surface area contributed by atoms with E-state index < -0.39 is 47.0 Å². The number of carbonyl (C=O) groups is 3. The molecule has 3 amide bonds. The van der Waals surface area contributed by atoms with Crippen LogP contribution in [0.5, 0.6) is 11.5 Å². The van der Waals surface area contributed by atoms with Crippen molar-refractivity contribution in [3.05, 3.63) is 69.6 Å². The second-order valence-electron chi connectivity index (χ2n) is 13.5. The molecule has 1 N–H and O–H groups in total. The molecule has 2 heterocycles. The number of imide groups is 1. The fourth-order valence-electron chi connectivity index (χ4n) is 4.70. The molecular formula is C35H42Cl2FN5O8. The Morgan fingerprint density at radius 3 is 2.16 bits per heavy atom. The number of nitrogens with zero attached hydrogens (tertiary/aromatic N) is 4. The molecule has 3 aromatic rings. The third kappa shape index (κ3) is 11.4. The van der Waals surface area contributed by atoms with E-state index in [0.717, 1.165) is 25.7 Å². The van der Waals surface area contributed by atoms with Gasteiger partial charge in [-0.3, -0.25) is 9.69 Å². The van der Waals surface area contributed by atoms with Crippen LogP contribution in [0, 0.1) is 5.82 Å². The van der Waals surface area contributed by atoms with E-state index >= 15 is 0 Å². The Labute approximate surface area is 306 Å². The molecule has 13 nitrogen and oxygen atoms in total. The minimum atomic E-state index is -1.16. The summed E-state index contributed by atoms with van der Waals surface area (Å²) in [6, 6.07) is 10.3. The molecule has 16 heteroatoms. The minimum Gasteiger partial charge on any atom is -0.492 e. The molecule has 2 aromatic carbocycles. The zero-order valence-corrected chi connectivity index (χ0v) is 31.1. The van der Waals surface area contributed by atoms with Gasteiger partial charge in [0.15, 0.2) is 11.4 Å². The van der Waals surface area contributed by atoms with Crippen molar-refractivity contribution in [1.82, 2.24) is 15.1 Å². The highest BCUT2D eigenvalue weighted by molar-refractivity contribution is 6.36. The van der Waals surface area contributed by atoms with Crippen LogP contribution in [0.4, 0.5) is 25.5 Å². The molecule has 1 unspecified atom stereocenters. The van der Waals surface area contributed by atoms with Gasteiger partial charge in [-0.2, -0.15) is 4.90 Å². The Morgan fingerprint density at radius 2 is 1.57 bits per heavy atom. The summed E-state index contributed by atoms with van der Waals surface area (Å²) in [5.74, 6) is -1.59. The van der Waals surface area contributed by atoms with Crippen LogP contribution in [-0.4, -0.2) is 83.8 Å². The molecule has 0 radical (unpaired) electrons. The molecule has 0 aliphatic carbocycles. The Kier molecular flexibility index (Phi) is 13.1. The lowest BCUT2D eigenvalue weighted by molar-refractivity contribution is 0.0322. The molecule has 276 valence electrons. The monoisotopic (exact) mass is 749 g/mol. The lowest BCUT2D eigenvalue weighted by Crippen LogP contribution is -2.44. The van der Waals surface area contributed by atoms with E-state index in [1.165, 1.54) is 19.1 Å². The summed E-state index contributed by atoms with van der Waals surface area (Å²) in [4.78, 5) is 43.1. The Hall–Kier alpha value is -4.24. The summed E-state index contributed by atoms with van der Waals surface area (Å²) in [5, 5.41) is 10.6. The number of hydrogen-bond donors (Lipinski definition) is 1. The Bertz CT molecular complexity index is 1680. The normalized spacial score (nSPS) is 14.3. The predicted octanol–water partition coefficient (Wildman–Crippen LogP) is 7.70. The molecule has 1 aliphatic heterocycles. The lowest BCUT2D eigenvalue weighted by atomic mass is 10.1.